The highest BCUT2D eigenvalue weighted by Gasteiger charge is 2.33. The van der Waals surface area contributed by atoms with Crippen LogP contribution in [0.5, 0.6) is 11.5 Å². The number of ether oxygens (including phenoxy) is 3. The minimum atomic E-state index is -0.532. The lowest BCUT2D eigenvalue weighted by Gasteiger charge is -2.36. The van der Waals surface area contributed by atoms with E-state index in [0.717, 1.165) is 46.6 Å². The van der Waals surface area contributed by atoms with Gasteiger partial charge in [0.2, 0.25) is 0 Å². The molecule has 0 fully saturated rings. The molecule has 1 heterocycles. The van der Waals surface area contributed by atoms with E-state index in [9.17, 15) is 4.79 Å². The molecule has 3 rings (SSSR count). The molecule has 0 saturated heterocycles. The number of benzene rings is 2. The van der Waals surface area contributed by atoms with Gasteiger partial charge < -0.3 is 14.2 Å². The SMILES string of the molecule is CCOC(=O)/C=C/[C@]1(C)CCc2c(C)c(OCc3ccccc3)c(C)c(C)c2O1. The van der Waals surface area contributed by atoms with Gasteiger partial charge in [-0.3, -0.25) is 0 Å². The van der Waals surface area contributed by atoms with Gasteiger partial charge in [-0.2, -0.15) is 0 Å². The van der Waals surface area contributed by atoms with Gasteiger partial charge in [-0.05, 0) is 75.8 Å². The van der Waals surface area contributed by atoms with Crippen LogP contribution < -0.4 is 9.47 Å². The quantitative estimate of drug-likeness (QED) is 0.486. The molecule has 0 amide bonds. The molecule has 1 aliphatic heterocycles. The molecule has 0 aliphatic carbocycles. The van der Waals surface area contributed by atoms with Crippen LogP contribution in [-0.2, 0) is 22.6 Å². The lowest BCUT2D eigenvalue weighted by atomic mass is 9.87. The summed E-state index contributed by atoms with van der Waals surface area (Å²) in [5, 5.41) is 0. The molecular formula is C25H30O4. The van der Waals surface area contributed by atoms with Crippen molar-refractivity contribution in [1.29, 1.82) is 0 Å². The summed E-state index contributed by atoms with van der Waals surface area (Å²) in [6.45, 7) is 11.0. The van der Waals surface area contributed by atoms with E-state index in [-0.39, 0.29) is 5.97 Å². The van der Waals surface area contributed by atoms with Crippen molar-refractivity contribution in [3.8, 4) is 11.5 Å². The van der Waals surface area contributed by atoms with Gasteiger partial charge in [0.15, 0.2) is 0 Å². The number of carbonyl (C=O) groups excluding carboxylic acids is 1. The number of hydrogen-bond donors (Lipinski definition) is 0. The zero-order chi connectivity index (χ0) is 21.0. The van der Waals surface area contributed by atoms with E-state index in [1.54, 1.807) is 6.92 Å². The maximum atomic E-state index is 11.7. The van der Waals surface area contributed by atoms with Crippen molar-refractivity contribution in [3.63, 3.8) is 0 Å². The van der Waals surface area contributed by atoms with Crippen molar-refractivity contribution in [2.75, 3.05) is 6.61 Å². The highest BCUT2D eigenvalue weighted by atomic mass is 16.5. The topological polar surface area (TPSA) is 44.8 Å². The molecule has 29 heavy (non-hydrogen) atoms. The Kier molecular flexibility index (Phi) is 6.31. The van der Waals surface area contributed by atoms with Gasteiger partial charge in [0, 0.05) is 11.6 Å². The highest BCUT2D eigenvalue weighted by Crippen LogP contribution is 2.44. The fraction of sp³-hybridized carbons (Fsp3) is 0.400. The van der Waals surface area contributed by atoms with Crippen LogP contribution in [0.1, 0.15) is 48.1 Å². The van der Waals surface area contributed by atoms with Crippen LogP contribution in [0.3, 0.4) is 0 Å². The largest absolute Gasteiger partial charge is 0.488 e. The third kappa shape index (κ3) is 4.64. The molecule has 1 aliphatic rings. The molecule has 2 aromatic rings. The number of hydrogen-bond acceptors (Lipinski definition) is 4. The number of rotatable bonds is 6. The van der Waals surface area contributed by atoms with Gasteiger partial charge in [-0.1, -0.05) is 30.3 Å². The normalized spacial score (nSPS) is 18.2. The van der Waals surface area contributed by atoms with Gasteiger partial charge in [0.05, 0.1) is 6.61 Å². The van der Waals surface area contributed by atoms with E-state index in [2.05, 4.69) is 32.9 Å². The van der Waals surface area contributed by atoms with Gasteiger partial charge in [-0.15, -0.1) is 0 Å². The second-order valence-electron chi connectivity index (χ2n) is 7.79. The predicted molar refractivity (Wildman–Crippen MR) is 115 cm³/mol. The molecule has 4 nitrogen and oxygen atoms in total. The van der Waals surface area contributed by atoms with E-state index in [1.165, 1.54) is 11.6 Å². The van der Waals surface area contributed by atoms with Crippen molar-refractivity contribution in [1.82, 2.24) is 0 Å². The van der Waals surface area contributed by atoms with Crippen LogP contribution in [-0.4, -0.2) is 18.2 Å². The standard InChI is InChI=1S/C25H30O4/c1-6-27-22(26)13-15-25(5)14-12-21-19(4)23(17(2)18(3)24(21)29-25)28-16-20-10-8-7-9-11-20/h7-11,13,15H,6,12,14,16H2,1-5H3/b15-13+/t25-/m0/s1. The maximum absolute atomic E-state index is 11.7. The molecule has 0 radical (unpaired) electrons. The first-order valence-corrected chi connectivity index (χ1v) is 10.2. The van der Waals surface area contributed by atoms with Gasteiger partial charge in [0.1, 0.15) is 23.7 Å². The Hall–Kier alpha value is -2.75. The molecule has 1 atom stereocenters. The van der Waals surface area contributed by atoms with Crippen molar-refractivity contribution in [2.24, 2.45) is 0 Å². The summed E-state index contributed by atoms with van der Waals surface area (Å²) in [7, 11) is 0. The minimum absolute atomic E-state index is 0.336. The highest BCUT2D eigenvalue weighted by molar-refractivity contribution is 5.82. The molecule has 0 N–H and O–H groups in total. The number of fused-ring (bicyclic) bond motifs is 1. The third-order valence-electron chi connectivity index (χ3n) is 5.60. The summed E-state index contributed by atoms with van der Waals surface area (Å²) in [5.74, 6) is 1.52. The summed E-state index contributed by atoms with van der Waals surface area (Å²) in [5.41, 5.74) is 5.12. The monoisotopic (exact) mass is 394 g/mol. The van der Waals surface area contributed by atoms with Crippen molar-refractivity contribution in [2.45, 2.75) is 59.7 Å². The van der Waals surface area contributed by atoms with Crippen molar-refractivity contribution >= 4 is 5.97 Å². The average molecular weight is 395 g/mol. The smallest absolute Gasteiger partial charge is 0.330 e. The molecule has 0 spiro atoms. The second kappa shape index (κ2) is 8.73. The van der Waals surface area contributed by atoms with E-state index in [1.807, 2.05) is 31.2 Å². The minimum Gasteiger partial charge on any atom is -0.488 e. The van der Waals surface area contributed by atoms with Crippen LogP contribution in [0, 0.1) is 20.8 Å². The Morgan fingerprint density at radius 3 is 2.55 bits per heavy atom. The fourth-order valence-electron chi connectivity index (χ4n) is 3.75. The molecule has 2 aromatic carbocycles. The lowest BCUT2D eigenvalue weighted by molar-refractivity contribution is -0.137. The zero-order valence-electron chi connectivity index (χ0n) is 18.0. The third-order valence-corrected chi connectivity index (χ3v) is 5.60. The predicted octanol–water partition coefficient (Wildman–Crippen LogP) is 5.39. The van der Waals surface area contributed by atoms with Crippen LogP contribution >= 0.6 is 0 Å². The van der Waals surface area contributed by atoms with Gasteiger partial charge in [0.25, 0.3) is 0 Å². The summed E-state index contributed by atoms with van der Waals surface area (Å²) in [6, 6.07) is 10.2. The Morgan fingerprint density at radius 1 is 1.14 bits per heavy atom. The van der Waals surface area contributed by atoms with E-state index < -0.39 is 5.60 Å². The molecule has 0 saturated carbocycles. The number of esters is 1. The molecule has 0 bridgehead atoms. The molecule has 4 heteroatoms. The number of carbonyl (C=O) groups is 1. The maximum Gasteiger partial charge on any atom is 0.330 e. The first kappa shape index (κ1) is 21.0. The first-order chi connectivity index (χ1) is 13.8. The average Bonchev–Trinajstić information content (AvgIpc) is 2.72. The van der Waals surface area contributed by atoms with Gasteiger partial charge >= 0.3 is 5.97 Å². The van der Waals surface area contributed by atoms with E-state index in [4.69, 9.17) is 14.2 Å². The summed E-state index contributed by atoms with van der Waals surface area (Å²) < 4.78 is 17.6. The van der Waals surface area contributed by atoms with Crippen LogP contribution in [0.4, 0.5) is 0 Å². The Labute approximate surface area is 173 Å². The Morgan fingerprint density at radius 2 is 1.86 bits per heavy atom. The van der Waals surface area contributed by atoms with Crippen LogP contribution in [0.2, 0.25) is 0 Å². The zero-order valence-corrected chi connectivity index (χ0v) is 18.0. The first-order valence-electron chi connectivity index (χ1n) is 10.2. The molecular weight excluding hydrogens is 364 g/mol. The summed E-state index contributed by atoms with van der Waals surface area (Å²) in [6.07, 6.45) is 4.95. The molecule has 0 unspecified atom stereocenters. The van der Waals surface area contributed by atoms with Crippen LogP contribution in [0.25, 0.3) is 0 Å². The van der Waals surface area contributed by atoms with E-state index >= 15 is 0 Å². The van der Waals surface area contributed by atoms with Gasteiger partial charge in [-0.25, -0.2) is 4.79 Å². The fourth-order valence-corrected chi connectivity index (χ4v) is 3.75. The van der Waals surface area contributed by atoms with E-state index in [0.29, 0.717) is 13.2 Å². The second-order valence-corrected chi connectivity index (χ2v) is 7.79. The summed E-state index contributed by atoms with van der Waals surface area (Å²) in [4.78, 5) is 11.7. The van der Waals surface area contributed by atoms with Crippen LogP contribution in [0.15, 0.2) is 42.5 Å². The summed E-state index contributed by atoms with van der Waals surface area (Å²) >= 11 is 0. The molecule has 154 valence electrons. The molecule has 0 aromatic heterocycles. The lowest BCUT2D eigenvalue weighted by Crippen LogP contribution is -2.35. The Bertz CT molecular complexity index is 914. The van der Waals surface area contributed by atoms with Crippen molar-refractivity contribution < 1.29 is 19.0 Å². The Balaban J connectivity index is 1.85. The van der Waals surface area contributed by atoms with Crippen molar-refractivity contribution in [3.05, 3.63) is 70.3 Å².